The molecule has 2 aromatic carbocycles. The van der Waals surface area contributed by atoms with Gasteiger partial charge in [0.05, 0.1) is 19.8 Å². The minimum Gasteiger partial charge on any atom is -0.493 e. The number of anilines is 2. The fraction of sp³-hybridized carbons (Fsp3) is 0.400. The predicted octanol–water partition coefficient (Wildman–Crippen LogP) is 4.67. The van der Waals surface area contributed by atoms with E-state index in [0.29, 0.717) is 35.0 Å². The van der Waals surface area contributed by atoms with Crippen molar-refractivity contribution in [2.45, 2.75) is 53.0 Å². The maximum atomic E-state index is 12.9. The normalized spacial score (nSPS) is 11.3. The van der Waals surface area contributed by atoms with Crippen LogP contribution in [0.5, 0.6) is 11.5 Å². The first-order chi connectivity index (χ1) is 15.7. The summed E-state index contributed by atoms with van der Waals surface area (Å²) < 4.78 is 11.3. The van der Waals surface area contributed by atoms with Crippen LogP contribution in [0.15, 0.2) is 36.4 Å². The monoisotopic (exact) mass is 455 g/mol. The number of rotatable bonds is 11. The van der Waals surface area contributed by atoms with Crippen LogP contribution < -0.4 is 25.4 Å². The van der Waals surface area contributed by atoms with E-state index in [4.69, 9.17) is 9.47 Å². The van der Waals surface area contributed by atoms with Gasteiger partial charge in [0.15, 0.2) is 11.5 Å². The fourth-order valence-electron chi connectivity index (χ4n) is 3.28. The summed E-state index contributed by atoms with van der Waals surface area (Å²) in [4.78, 5) is 35.8. The number of unbranched alkanes of at least 4 members (excludes halogenated alkanes) is 2. The van der Waals surface area contributed by atoms with Crippen LogP contribution in [0.1, 0.15) is 68.9 Å². The molecule has 0 aliphatic heterocycles. The third-order valence-electron chi connectivity index (χ3n) is 4.88. The number of nitrogens with one attached hydrogen (secondary N) is 3. The van der Waals surface area contributed by atoms with Crippen LogP contribution in [0.25, 0.3) is 0 Å². The van der Waals surface area contributed by atoms with Gasteiger partial charge in [-0.25, -0.2) is 0 Å². The molecule has 0 aromatic heterocycles. The summed E-state index contributed by atoms with van der Waals surface area (Å²) in [6, 6.07) is 9.96. The Morgan fingerprint density at radius 1 is 0.909 bits per heavy atom. The first kappa shape index (κ1) is 25.7. The Morgan fingerprint density at radius 2 is 1.55 bits per heavy atom. The van der Waals surface area contributed by atoms with Crippen LogP contribution in [0.2, 0.25) is 0 Å². The standard InChI is InChI=1S/C25H33N3O5/c1-6-7-8-11-33-23-10-9-19(14-24(23)32-5)16(2)26-25(31)20-12-21(27-17(3)29)15-22(13-20)28-18(4)30/h9-10,12-16H,6-8,11H2,1-5H3,(H,26,31)(H,27,29)(H,28,30). The molecule has 178 valence electrons. The van der Waals surface area contributed by atoms with Crippen molar-refractivity contribution in [2.75, 3.05) is 24.4 Å². The molecule has 33 heavy (non-hydrogen) atoms. The lowest BCUT2D eigenvalue weighted by molar-refractivity contribution is -0.115. The Balaban J connectivity index is 2.17. The number of benzene rings is 2. The Bertz CT molecular complexity index is 956. The smallest absolute Gasteiger partial charge is 0.251 e. The predicted molar refractivity (Wildman–Crippen MR) is 129 cm³/mol. The highest BCUT2D eigenvalue weighted by Crippen LogP contribution is 2.31. The van der Waals surface area contributed by atoms with Crippen molar-refractivity contribution in [1.82, 2.24) is 5.32 Å². The van der Waals surface area contributed by atoms with Crippen molar-refractivity contribution < 1.29 is 23.9 Å². The quantitative estimate of drug-likeness (QED) is 0.427. The number of hydrogen-bond donors (Lipinski definition) is 3. The summed E-state index contributed by atoms with van der Waals surface area (Å²) in [5.41, 5.74) is 1.98. The van der Waals surface area contributed by atoms with Crippen LogP contribution in [-0.4, -0.2) is 31.4 Å². The molecule has 0 saturated heterocycles. The summed E-state index contributed by atoms with van der Waals surface area (Å²) in [6.07, 6.45) is 3.21. The molecule has 3 amide bonds. The Labute approximate surface area is 195 Å². The first-order valence-corrected chi connectivity index (χ1v) is 11.0. The van der Waals surface area contributed by atoms with Gasteiger partial charge in [0.2, 0.25) is 11.8 Å². The van der Waals surface area contributed by atoms with E-state index in [1.165, 1.54) is 13.8 Å². The molecule has 2 rings (SSSR count). The molecule has 3 N–H and O–H groups in total. The molecule has 0 heterocycles. The van der Waals surface area contributed by atoms with E-state index < -0.39 is 0 Å². The second-order valence-electron chi connectivity index (χ2n) is 7.82. The van der Waals surface area contributed by atoms with Crippen LogP contribution in [-0.2, 0) is 9.59 Å². The highest BCUT2D eigenvalue weighted by Gasteiger charge is 2.16. The van der Waals surface area contributed by atoms with Gasteiger partial charge >= 0.3 is 0 Å². The van der Waals surface area contributed by atoms with Crippen molar-refractivity contribution in [3.05, 3.63) is 47.5 Å². The largest absolute Gasteiger partial charge is 0.493 e. The average Bonchev–Trinajstić information content (AvgIpc) is 2.75. The van der Waals surface area contributed by atoms with Crippen molar-refractivity contribution in [1.29, 1.82) is 0 Å². The Kier molecular flexibility index (Phi) is 9.72. The van der Waals surface area contributed by atoms with Gasteiger partial charge in [-0.15, -0.1) is 0 Å². The van der Waals surface area contributed by atoms with Crippen molar-refractivity contribution >= 4 is 29.1 Å². The number of carbonyl (C=O) groups is 3. The molecule has 0 spiro atoms. The topological polar surface area (TPSA) is 106 Å². The molecule has 8 heteroatoms. The zero-order valence-electron chi connectivity index (χ0n) is 19.9. The zero-order chi connectivity index (χ0) is 24.4. The minimum atomic E-state index is -0.347. The lowest BCUT2D eigenvalue weighted by atomic mass is 10.1. The molecule has 2 aromatic rings. The van der Waals surface area contributed by atoms with E-state index in [1.54, 1.807) is 25.3 Å². The molecule has 0 saturated carbocycles. The van der Waals surface area contributed by atoms with Gasteiger partial charge < -0.3 is 25.4 Å². The third-order valence-corrected chi connectivity index (χ3v) is 4.88. The Hall–Kier alpha value is -3.55. The van der Waals surface area contributed by atoms with Gasteiger partial charge in [-0.05, 0) is 49.2 Å². The highest BCUT2D eigenvalue weighted by atomic mass is 16.5. The number of methoxy groups -OCH3 is 1. The van der Waals surface area contributed by atoms with Gasteiger partial charge in [0, 0.05) is 30.8 Å². The van der Waals surface area contributed by atoms with E-state index in [-0.39, 0.29) is 23.8 Å². The first-order valence-electron chi connectivity index (χ1n) is 11.0. The van der Waals surface area contributed by atoms with Gasteiger partial charge in [-0.1, -0.05) is 25.8 Å². The molecule has 1 atom stereocenters. The number of ether oxygens (including phenoxy) is 2. The van der Waals surface area contributed by atoms with Crippen LogP contribution in [0.3, 0.4) is 0 Å². The summed E-state index contributed by atoms with van der Waals surface area (Å²) >= 11 is 0. The SMILES string of the molecule is CCCCCOc1ccc(C(C)NC(=O)c2cc(NC(C)=O)cc(NC(C)=O)c2)cc1OC. The van der Waals surface area contributed by atoms with E-state index in [1.807, 2.05) is 25.1 Å². The van der Waals surface area contributed by atoms with Gasteiger partial charge in [0.1, 0.15) is 0 Å². The third kappa shape index (κ3) is 8.14. The van der Waals surface area contributed by atoms with E-state index in [2.05, 4.69) is 22.9 Å². The lowest BCUT2D eigenvalue weighted by Crippen LogP contribution is -2.27. The number of carbonyl (C=O) groups excluding carboxylic acids is 3. The van der Waals surface area contributed by atoms with Gasteiger partial charge in [-0.3, -0.25) is 14.4 Å². The van der Waals surface area contributed by atoms with E-state index in [0.717, 1.165) is 24.8 Å². The maximum absolute atomic E-state index is 12.9. The number of amides is 3. The molecule has 1 unspecified atom stereocenters. The summed E-state index contributed by atoms with van der Waals surface area (Å²) in [6.45, 7) is 7.37. The fourth-order valence-corrected chi connectivity index (χ4v) is 3.28. The van der Waals surface area contributed by atoms with E-state index >= 15 is 0 Å². The van der Waals surface area contributed by atoms with Crippen molar-refractivity contribution in [3.8, 4) is 11.5 Å². The summed E-state index contributed by atoms with van der Waals surface area (Å²) in [5, 5.41) is 8.23. The molecule has 8 nitrogen and oxygen atoms in total. The van der Waals surface area contributed by atoms with Crippen LogP contribution >= 0.6 is 0 Å². The molecular weight excluding hydrogens is 422 g/mol. The van der Waals surface area contributed by atoms with Gasteiger partial charge in [0.25, 0.3) is 5.91 Å². The molecule has 0 aliphatic carbocycles. The molecule has 0 fully saturated rings. The molecule has 0 bridgehead atoms. The maximum Gasteiger partial charge on any atom is 0.251 e. The van der Waals surface area contributed by atoms with Gasteiger partial charge in [-0.2, -0.15) is 0 Å². The molecular formula is C25H33N3O5. The highest BCUT2D eigenvalue weighted by molar-refractivity contribution is 6.00. The molecule has 0 aliphatic rings. The minimum absolute atomic E-state index is 0.279. The summed E-state index contributed by atoms with van der Waals surface area (Å²) in [7, 11) is 1.58. The second kappa shape index (κ2) is 12.5. The number of hydrogen-bond acceptors (Lipinski definition) is 5. The van der Waals surface area contributed by atoms with Crippen LogP contribution in [0.4, 0.5) is 11.4 Å². The zero-order valence-corrected chi connectivity index (χ0v) is 19.9. The van der Waals surface area contributed by atoms with Crippen molar-refractivity contribution in [2.24, 2.45) is 0 Å². The second-order valence-corrected chi connectivity index (χ2v) is 7.82. The van der Waals surface area contributed by atoms with E-state index in [9.17, 15) is 14.4 Å². The average molecular weight is 456 g/mol. The lowest BCUT2D eigenvalue weighted by Gasteiger charge is -2.18. The molecule has 0 radical (unpaired) electrons. The van der Waals surface area contributed by atoms with Crippen LogP contribution in [0, 0.1) is 0 Å². The Morgan fingerprint density at radius 3 is 2.09 bits per heavy atom. The van der Waals surface area contributed by atoms with Crippen molar-refractivity contribution in [3.63, 3.8) is 0 Å². The summed E-state index contributed by atoms with van der Waals surface area (Å²) in [5.74, 6) is 0.363.